The molecular formula is C16H28N4O. The van der Waals surface area contributed by atoms with Crippen molar-refractivity contribution in [3.63, 3.8) is 0 Å². The van der Waals surface area contributed by atoms with E-state index in [1.807, 2.05) is 0 Å². The van der Waals surface area contributed by atoms with E-state index in [4.69, 9.17) is 4.74 Å². The van der Waals surface area contributed by atoms with Gasteiger partial charge in [0.15, 0.2) is 5.82 Å². The lowest BCUT2D eigenvalue weighted by molar-refractivity contribution is 0.178. The van der Waals surface area contributed by atoms with Crippen LogP contribution in [0.25, 0.3) is 0 Å². The fraction of sp³-hybridized carbons (Fsp3) is 0.750. The van der Waals surface area contributed by atoms with Crippen LogP contribution in [0, 0.1) is 5.41 Å². The molecule has 0 aliphatic carbocycles. The molecule has 1 aromatic heterocycles. The number of anilines is 2. The first kappa shape index (κ1) is 16.0. The van der Waals surface area contributed by atoms with E-state index in [0.29, 0.717) is 12.0 Å². The summed E-state index contributed by atoms with van der Waals surface area (Å²) in [5.74, 6) is 2.65. The third-order valence-corrected chi connectivity index (χ3v) is 4.54. The summed E-state index contributed by atoms with van der Waals surface area (Å²) >= 11 is 0. The first-order valence-corrected chi connectivity index (χ1v) is 7.96. The van der Waals surface area contributed by atoms with E-state index in [1.54, 1.807) is 7.11 Å². The number of methoxy groups -OCH3 is 1. The van der Waals surface area contributed by atoms with Crippen LogP contribution in [0.4, 0.5) is 11.6 Å². The molecule has 1 fully saturated rings. The maximum atomic E-state index is 5.18. The van der Waals surface area contributed by atoms with Gasteiger partial charge in [0.2, 0.25) is 0 Å². The lowest BCUT2D eigenvalue weighted by atomic mass is 9.78. The molecular weight excluding hydrogens is 264 g/mol. The molecule has 1 N–H and O–H groups in total. The van der Waals surface area contributed by atoms with Gasteiger partial charge in [-0.2, -0.15) is 0 Å². The Hall–Kier alpha value is -1.36. The maximum absolute atomic E-state index is 5.18. The van der Waals surface area contributed by atoms with Crippen LogP contribution in [0.3, 0.4) is 0 Å². The van der Waals surface area contributed by atoms with E-state index in [0.717, 1.165) is 37.1 Å². The Morgan fingerprint density at radius 1 is 1.29 bits per heavy atom. The minimum absolute atomic E-state index is 0.451. The fourth-order valence-electron chi connectivity index (χ4n) is 2.74. The number of piperidine rings is 1. The van der Waals surface area contributed by atoms with Gasteiger partial charge in [0.1, 0.15) is 18.2 Å². The second-order valence-electron chi connectivity index (χ2n) is 6.14. The summed E-state index contributed by atoms with van der Waals surface area (Å²) in [6, 6.07) is 2.05. The Bertz CT molecular complexity index is 431. The Morgan fingerprint density at radius 3 is 2.57 bits per heavy atom. The Labute approximate surface area is 128 Å². The molecule has 1 aliphatic rings. The van der Waals surface area contributed by atoms with Gasteiger partial charge in [-0.25, -0.2) is 9.97 Å². The second-order valence-corrected chi connectivity index (χ2v) is 6.14. The number of hydrogen-bond acceptors (Lipinski definition) is 5. The molecule has 0 spiro atoms. The van der Waals surface area contributed by atoms with Gasteiger partial charge in [-0.3, -0.25) is 0 Å². The van der Waals surface area contributed by atoms with Crippen molar-refractivity contribution in [1.82, 2.24) is 9.97 Å². The van der Waals surface area contributed by atoms with Gasteiger partial charge >= 0.3 is 0 Å². The molecule has 21 heavy (non-hydrogen) atoms. The number of rotatable bonds is 6. The summed E-state index contributed by atoms with van der Waals surface area (Å²) in [6.07, 6.45) is 3.70. The van der Waals surface area contributed by atoms with Crippen LogP contribution >= 0.6 is 0 Å². The van der Waals surface area contributed by atoms with Crippen LogP contribution in [-0.2, 0) is 11.3 Å². The molecule has 118 valence electrons. The normalized spacial score (nSPS) is 17.8. The van der Waals surface area contributed by atoms with E-state index >= 15 is 0 Å². The smallest absolute Gasteiger partial charge is 0.158 e. The molecule has 5 nitrogen and oxygen atoms in total. The van der Waals surface area contributed by atoms with Gasteiger partial charge < -0.3 is 15.0 Å². The number of nitrogens with zero attached hydrogens (tertiary/aromatic N) is 3. The van der Waals surface area contributed by atoms with Crippen LogP contribution in [-0.4, -0.2) is 36.7 Å². The molecule has 5 heteroatoms. The summed E-state index contributed by atoms with van der Waals surface area (Å²) in [7, 11) is 1.68. The lowest BCUT2D eigenvalue weighted by Gasteiger charge is -2.39. The van der Waals surface area contributed by atoms with Crippen molar-refractivity contribution in [1.29, 1.82) is 0 Å². The summed E-state index contributed by atoms with van der Waals surface area (Å²) in [6.45, 7) is 10.2. The molecule has 1 aliphatic heterocycles. The molecule has 0 aromatic carbocycles. The summed E-state index contributed by atoms with van der Waals surface area (Å²) in [5.41, 5.74) is 0.489. The predicted octanol–water partition coefficient (Wildman–Crippen LogP) is 3.07. The third kappa shape index (κ3) is 4.06. The molecule has 0 saturated carbocycles. The van der Waals surface area contributed by atoms with E-state index in [-0.39, 0.29) is 0 Å². The molecule has 0 atom stereocenters. The maximum Gasteiger partial charge on any atom is 0.158 e. The third-order valence-electron chi connectivity index (χ3n) is 4.54. The Balaban J connectivity index is 2.15. The zero-order valence-corrected chi connectivity index (χ0v) is 13.8. The van der Waals surface area contributed by atoms with Gasteiger partial charge in [-0.1, -0.05) is 20.3 Å². The van der Waals surface area contributed by atoms with Gasteiger partial charge in [0.05, 0.1) is 0 Å². The van der Waals surface area contributed by atoms with E-state index in [9.17, 15) is 0 Å². The van der Waals surface area contributed by atoms with E-state index < -0.39 is 0 Å². The van der Waals surface area contributed by atoms with Crippen molar-refractivity contribution in [2.45, 2.75) is 46.6 Å². The number of nitrogens with one attached hydrogen (secondary N) is 1. The van der Waals surface area contributed by atoms with E-state index in [1.165, 1.54) is 19.3 Å². The standard InChI is InChI=1S/C16H28N4O/c1-5-16(3)7-9-20(10-8-16)15-11-13(17-6-2)18-14(19-15)12-21-4/h11H,5-10,12H2,1-4H3,(H,17,18,19). The Morgan fingerprint density at radius 2 is 2.00 bits per heavy atom. The molecule has 2 heterocycles. The molecule has 0 radical (unpaired) electrons. The van der Waals surface area contributed by atoms with Crippen molar-refractivity contribution < 1.29 is 4.74 Å². The van der Waals surface area contributed by atoms with Crippen LogP contribution < -0.4 is 10.2 Å². The largest absolute Gasteiger partial charge is 0.377 e. The van der Waals surface area contributed by atoms with Gasteiger partial charge in [-0.05, 0) is 25.2 Å². The zero-order chi connectivity index (χ0) is 15.3. The quantitative estimate of drug-likeness (QED) is 0.873. The molecule has 1 saturated heterocycles. The molecule has 2 rings (SSSR count). The molecule has 0 bridgehead atoms. The van der Waals surface area contributed by atoms with Gasteiger partial charge in [0.25, 0.3) is 0 Å². The van der Waals surface area contributed by atoms with Crippen LogP contribution in [0.15, 0.2) is 6.07 Å². The fourth-order valence-corrected chi connectivity index (χ4v) is 2.74. The molecule has 1 aromatic rings. The van der Waals surface area contributed by atoms with Crippen LogP contribution in [0.1, 0.15) is 45.9 Å². The van der Waals surface area contributed by atoms with Gasteiger partial charge in [0, 0.05) is 32.8 Å². The second kappa shape index (κ2) is 7.07. The van der Waals surface area contributed by atoms with E-state index in [2.05, 4.69) is 47.0 Å². The SMILES string of the molecule is CCNc1cc(N2CCC(C)(CC)CC2)nc(COC)n1. The summed E-state index contributed by atoms with van der Waals surface area (Å²) in [5, 5.41) is 3.28. The Kier molecular flexibility index (Phi) is 5.39. The van der Waals surface area contributed by atoms with Crippen molar-refractivity contribution in [2.75, 3.05) is 37.0 Å². The van der Waals surface area contributed by atoms with Gasteiger partial charge in [-0.15, -0.1) is 0 Å². The predicted molar refractivity (Wildman–Crippen MR) is 86.8 cm³/mol. The van der Waals surface area contributed by atoms with Crippen LogP contribution in [0.5, 0.6) is 0 Å². The highest BCUT2D eigenvalue weighted by molar-refractivity contribution is 5.49. The number of hydrogen-bond donors (Lipinski definition) is 1. The minimum Gasteiger partial charge on any atom is -0.377 e. The summed E-state index contributed by atoms with van der Waals surface area (Å²) in [4.78, 5) is 11.5. The highest BCUT2D eigenvalue weighted by atomic mass is 16.5. The minimum atomic E-state index is 0.451. The van der Waals surface area contributed by atoms with Crippen molar-refractivity contribution in [3.05, 3.63) is 11.9 Å². The first-order valence-electron chi connectivity index (χ1n) is 7.96. The number of aromatic nitrogens is 2. The highest BCUT2D eigenvalue weighted by Gasteiger charge is 2.29. The molecule has 0 amide bonds. The zero-order valence-electron chi connectivity index (χ0n) is 13.8. The summed E-state index contributed by atoms with van der Waals surface area (Å²) < 4.78 is 5.18. The average Bonchev–Trinajstić information content (AvgIpc) is 2.48. The van der Waals surface area contributed by atoms with Crippen molar-refractivity contribution in [3.8, 4) is 0 Å². The monoisotopic (exact) mass is 292 g/mol. The average molecular weight is 292 g/mol. The topological polar surface area (TPSA) is 50.3 Å². The first-order chi connectivity index (χ1) is 10.1. The molecule has 0 unspecified atom stereocenters. The van der Waals surface area contributed by atoms with Crippen molar-refractivity contribution in [2.24, 2.45) is 5.41 Å². The highest BCUT2D eigenvalue weighted by Crippen LogP contribution is 2.35. The van der Waals surface area contributed by atoms with Crippen molar-refractivity contribution >= 4 is 11.6 Å². The van der Waals surface area contributed by atoms with Crippen LogP contribution in [0.2, 0.25) is 0 Å². The number of ether oxygens (including phenoxy) is 1. The lowest BCUT2D eigenvalue weighted by Crippen LogP contribution is -2.39.